The van der Waals surface area contributed by atoms with Crippen molar-refractivity contribution in [2.24, 2.45) is 0 Å². The Morgan fingerprint density at radius 3 is 2.41 bits per heavy atom. The molecule has 0 aliphatic rings. The predicted octanol–water partition coefficient (Wildman–Crippen LogP) is 2.96. The van der Waals surface area contributed by atoms with Gasteiger partial charge in [0, 0.05) is 5.57 Å². The van der Waals surface area contributed by atoms with Gasteiger partial charge in [-0.1, -0.05) is 36.9 Å². The van der Waals surface area contributed by atoms with Crippen LogP contribution in [-0.4, -0.2) is 36.8 Å². The fourth-order valence-corrected chi connectivity index (χ4v) is 2.24. The van der Waals surface area contributed by atoms with Crippen LogP contribution in [0.4, 0.5) is 8.78 Å². The van der Waals surface area contributed by atoms with E-state index in [1.165, 1.54) is 25.1 Å². The molecule has 0 atom stereocenters. The van der Waals surface area contributed by atoms with Crippen molar-refractivity contribution >= 4 is 32.8 Å². The molecule has 0 spiro atoms. The molecular weight excluding hydrogens is 386 g/mol. The van der Waals surface area contributed by atoms with Gasteiger partial charge >= 0.3 is 27.3 Å². The van der Waals surface area contributed by atoms with E-state index in [-0.39, 0.29) is 22.3 Å². The van der Waals surface area contributed by atoms with Gasteiger partial charge in [0.05, 0.1) is 0 Å². The SMILES string of the molecule is C=C(C)C(=O)Oc1ccc2ccccc2c1C(=O)OCC(F)(F)S(=O)(=O)O. The highest BCUT2D eigenvalue weighted by molar-refractivity contribution is 7.86. The van der Waals surface area contributed by atoms with E-state index >= 15 is 0 Å². The molecule has 0 bridgehead atoms. The first-order valence-electron chi connectivity index (χ1n) is 7.35. The van der Waals surface area contributed by atoms with E-state index in [2.05, 4.69) is 11.3 Å². The minimum Gasteiger partial charge on any atom is -0.454 e. The molecule has 2 aromatic rings. The second-order valence-electron chi connectivity index (χ2n) is 5.52. The topological polar surface area (TPSA) is 107 Å². The van der Waals surface area contributed by atoms with Crippen LogP contribution in [0.2, 0.25) is 0 Å². The van der Waals surface area contributed by atoms with Crippen LogP contribution in [0.15, 0.2) is 48.6 Å². The van der Waals surface area contributed by atoms with Crippen molar-refractivity contribution in [2.45, 2.75) is 12.2 Å². The number of fused-ring (bicyclic) bond motifs is 1. The summed E-state index contributed by atoms with van der Waals surface area (Å²) >= 11 is 0. The molecule has 0 saturated heterocycles. The first kappa shape index (κ1) is 20.5. The molecule has 0 unspecified atom stereocenters. The lowest BCUT2D eigenvalue weighted by molar-refractivity contribution is -0.130. The van der Waals surface area contributed by atoms with Crippen molar-refractivity contribution in [1.82, 2.24) is 0 Å². The summed E-state index contributed by atoms with van der Waals surface area (Å²) in [5.74, 6) is -2.50. The molecule has 0 aliphatic heterocycles. The third-order valence-electron chi connectivity index (χ3n) is 3.39. The summed E-state index contributed by atoms with van der Waals surface area (Å²) < 4.78 is 65.8. The van der Waals surface area contributed by atoms with Gasteiger partial charge in [0.2, 0.25) is 0 Å². The number of esters is 2. The summed E-state index contributed by atoms with van der Waals surface area (Å²) in [7, 11) is -5.77. The van der Waals surface area contributed by atoms with Gasteiger partial charge in [-0.2, -0.15) is 17.2 Å². The Morgan fingerprint density at radius 2 is 1.81 bits per heavy atom. The fourth-order valence-electron chi connectivity index (χ4n) is 2.03. The van der Waals surface area contributed by atoms with Gasteiger partial charge in [0.1, 0.15) is 11.3 Å². The number of rotatable bonds is 6. The monoisotopic (exact) mass is 400 g/mol. The third-order valence-corrected chi connectivity index (χ3v) is 4.27. The highest BCUT2D eigenvalue weighted by atomic mass is 32.2. The third kappa shape index (κ3) is 4.47. The van der Waals surface area contributed by atoms with Crippen LogP contribution < -0.4 is 4.74 Å². The highest BCUT2D eigenvalue weighted by Gasteiger charge is 2.45. The number of carbonyl (C=O) groups excluding carboxylic acids is 2. The molecule has 0 aromatic heterocycles. The van der Waals surface area contributed by atoms with E-state index in [0.29, 0.717) is 5.39 Å². The summed E-state index contributed by atoms with van der Waals surface area (Å²) in [4.78, 5) is 24.1. The number of hydrogen-bond donors (Lipinski definition) is 1. The van der Waals surface area contributed by atoms with Crippen LogP contribution in [-0.2, 0) is 19.6 Å². The smallest absolute Gasteiger partial charge is 0.402 e. The van der Waals surface area contributed by atoms with Crippen molar-refractivity contribution < 1.29 is 40.8 Å². The van der Waals surface area contributed by atoms with Crippen LogP contribution in [0.5, 0.6) is 5.75 Å². The number of halogens is 2. The van der Waals surface area contributed by atoms with E-state index in [9.17, 15) is 26.8 Å². The first-order valence-corrected chi connectivity index (χ1v) is 8.79. The van der Waals surface area contributed by atoms with Crippen LogP contribution in [0.1, 0.15) is 17.3 Å². The second kappa shape index (κ2) is 7.41. The van der Waals surface area contributed by atoms with Gasteiger partial charge in [-0.05, 0) is 23.8 Å². The summed E-state index contributed by atoms with van der Waals surface area (Å²) in [6.07, 6.45) is 0. The standard InChI is InChI=1S/C17H14F2O7S/c1-10(2)15(20)26-13-8-7-11-5-3-4-6-12(11)14(13)16(21)25-9-17(18,19)27(22,23)24/h3-8H,1,9H2,2H3,(H,22,23,24). The molecule has 0 aliphatic carbocycles. The molecule has 0 fully saturated rings. The van der Waals surface area contributed by atoms with Crippen LogP contribution in [0.25, 0.3) is 10.8 Å². The van der Waals surface area contributed by atoms with Gasteiger partial charge in [-0.15, -0.1) is 0 Å². The van der Waals surface area contributed by atoms with Crippen molar-refractivity contribution in [2.75, 3.05) is 6.61 Å². The highest BCUT2D eigenvalue weighted by Crippen LogP contribution is 2.30. The molecule has 2 aromatic carbocycles. The van der Waals surface area contributed by atoms with Crippen molar-refractivity contribution in [1.29, 1.82) is 0 Å². The fraction of sp³-hybridized carbons (Fsp3) is 0.176. The van der Waals surface area contributed by atoms with Crippen LogP contribution >= 0.6 is 0 Å². The zero-order valence-corrected chi connectivity index (χ0v) is 14.8. The molecule has 2 rings (SSSR count). The Bertz CT molecular complexity index is 1030. The van der Waals surface area contributed by atoms with Crippen molar-refractivity contribution in [3.8, 4) is 5.75 Å². The second-order valence-corrected chi connectivity index (χ2v) is 7.07. The number of hydrogen-bond acceptors (Lipinski definition) is 6. The normalized spacial score (nSPS) is 11.9. The van der Waals surface area contributed by atoms with Gasteiger partial charge in [-0.3, -0.25) is 4.55 Å². The first-order chi connectivity index (χ1) is 12.4. The summed E-state index contributed by atoms with van der Waals surface area (Å²) in [5.41, 5.74) is -0.325. The minimum atomic E-state index is -5.77. The molecule has 0 saturated carbocycles. The Labute approximate surface area is 152 Å². The number of alkyl halides is 2. The van der Waals surface area contributed by atoms with Crippen molar-refractivity contribution in [3.05, 3.63) is 54.1 Å². The van der Waals surface area contributed by atoms with E-state index < -0.39 is 33.9 Å². The number of ether oxygens (including phenoxy) is 2. The van der Waals surface area contributed by atoms with Crippen molar-refractivity contribution in [3.63, 3.8) is 0 Å². The predicted molar refractivity (Wildman–Crippen MR) is 91.2 cm³/mol. The largest absolute Gasteiger partial charge is 0.454 e. The molecule has 0 amide bonds. The Morgan fingerprint density at radius 1 is 1.19 bits per heavy atom. The van der Waals surface area contributed by atoms with Gasteiger partial charge in [0.15, 0.2) is 6.61 Å². The molecule has 1 N–H and O–H groups in total. The zero-order valence-electron chi connectivity index (χ0n) is 13.9. The average Bonchev–Trinajstić information content (AvgIpc) is 2.58. The molecule has 144 valence electrons. The van der Waals surface area contributed by atoms with Gasteiger partial charge in [-0.25, -0.2) is 9.59 Å². The maximum atomic E-state index is 13.3. The molecule has 27 heavy (non-hydrogen) atoms. The maximum Gasteiger partial charge on any atom is 0.402 e. The van der Waals surface area contributed by atoms with Crippen LogP contribution in [0, 0.1) is 0 Å². The summed E-state index contributed by atoms with van der Waals surface area (Å²) in [5, 5.41) is -3.95. The molecular formula is C17H14F2O7S. The Kier molecular flexibility index (Phi) is 5.62. The number of carbonyl (C=O) groups is 2. The van der Waals surface area contributed by atoms with Crippen LogP contribution in [0.3, 0.4) is 0 Å². The Hall–Kier alpha value is -2.85. The maximum absolute atomic E-state index is 13.3. The average molecular weight is 400 g/mol. The Balaban J connectivity index is 2.46. The van der Waals surface area contributed by atoms with Gasteiger partial charge in [0.25, 0.3) is 0 Å². The summed E-state index contributed by atoms with van der Waals surface area (Å²) in [6, 6.07) is 9.08. The zero-order chi connectivity index (χ0) is 20.4. The molecule has 10 heteroatoms. The van der Waals surface area contributed by atoms with E-state index in [1.807, 2.05) is 0 Å². The van der Waals surface area contributed by atoms with E-state index in [4.69, 9.17) is 9.29 Å². The molecule has 7 nitrogen and oxygen atoms in total. The number of benzene rings is 2. The molecule has 0 heterocycles. The van der Waals surface area contributed by atoms with E-state index in [0.717, 1.165) is 0 Å². The van der Waals surface area contributed by atoms with Gasteiger partial charge < -0.3 is 9.47 Å². The lowest BCUT2D eigenvalue weighted by Crippen LogP contribution is -2.34. The minimum absolute atomic E-state index is 0.0281. The molecule has 0 radical (unpaired) electrons. The quantitative estimate of drug-likeness (QED) is 0.344. The lowest BCUT2D eigenvalue weighted by Gasteiger charge is -2.15. The summed E-state index contributed by atoms with van der Waals surface area (Å²) in [6.45, 7) is 2.85. The lowest BCUT2D eigenvalue weighted by atomic mass is 10.0. The van der Waals surface area contributed by atoms with E-state index in [1.54, 1.807) is 18.2 Å².